The molecule has 19 heavy (non-hydrogen) atoms. The van der Waals surface area contributed by atoms with Crippen LogP contribution in [0.15, 0.2) is 30.9 Å². The van der Waals surface area contributed by atoms with Crippen molar-refractivity contribution in [1.29, 1.82) is 0 Å². The first-order valence-electron chi connectivity index (χ1n) is 5.33. The summed E-state index contributed by atoms with van der Waals surface area (Å²) in [5, 5.41) is 11.6. The number of benzene rings is 1. The van der Waals surface area contributed by atoms with Gasteiger partial charge in [-0.05, 0) is 24.6 Å². The van der Waals surface area contributed by atoms with Gasteiger partial charge in [0.1, 0.15) is 5.75 Å². The lowest BCUT2D eigenvalue weighted by Gasteiger charge is -2.13. The Bertz CT molecular complexity index is 486. The van der Waals surface area contributed by atoms with Crippen molar-refractivity contribution in [2.45, 2.75) is 18.6 Å². The molecule has 0 spiro atoms. The number of hydrogen-bond donors (Lipinski definition) is 3. The third-order valence-electron chi connectivity index (χ3n) is 2.34. The summed E-state index contributed by atoms with van der Waals surface area (Å²) >= 11 is 0. The lowest BCUT2D eigenvalue weighted by atomic mass is 10.1. The second-order valence-corrected chi connectivity index (χ2v) is 3.85. The first kappa shape index (κ1) is 15.0. The molecule has 0 aromatic heterocycles. The summed E-state index contributed by atoms with van der Waals surface area (Å²) in [5.41, 5.74) is 4.15. The van der Waals surface area contributed by atoms with Gasteiger partial charge in [-0.2, -0.15) is 13.2 Å². The van der Waals surface area contributed by atoms with Crippen LogP contribution >= 0.6 is 0 Å². The number of halogens is 3. The summed E-state index contributed by atoms with van der Waals surface area (Å²) in [5.74, 6) is -1.17. The molecule has 1 rings (SSSR count). The van der Waals surface area contributed by atoms with E-state index in [0.29, 0.717) is 12.1 Å². The normalized spacial score (nSPS) is 12.8. The van der Waals surface area contributed by atoms with E-state index in [1.54, 1.807) is 0 Å². The number of amides is 1. The van der Waals surface area contributed by atoms with Crippen molar-refractivity contribution in [3.63, 3.8) is 0 Å². The van der Waals surface area contributed by atoms with E-state index in [-0.39, 0.29) is 12.1 Å². The van der Waals surface area contributed by atoms with E-state index in [4.69, 9.17) is 5.73 Å². The molecule has 1 aromatic rings. The Morgan fingerprint density at radius 2 is 2.16 bits per heavy atom. The van der Waals surface area contributed by atoms with Crippen LogP contribution in [0.1, 0.15) is 12.0 Å². The highest BCUT2D eigenvalue weighted by Crippen LogP contribution is 2.34. The zero-order valence-corrected chi connectivity index (χ0v) is 9.87. The summed E-state index contributed by atoms with van der Waals surface area (Å²) in [7, 11) is 0. The van der Waals surface area contributed by atoms with Gasteiger partial charge in [0, 0.05) is 0 Å². The molecule has 1 unspecified atom stereocenters. The Morgan fingerprint density at radius 1 is 1.53 bits per heavy atom. The van der Waals surface area contributed by atoms with Crippen LogP contribution in [0.25, 0.3) is 0 Å². The molecular formula is C12H13F3N2O2. The molecule has 7 heteroatoms. The fourth-order valence-electron chi connectivity index (χ4n) is 1.32. The molecule has 0 aliphatic rings. The third kappa shape index (κ3) is 3.99. The van der Waals surface area contributed by atoms with Crippen LogP contribution in [-0.2, 0) is 11.0 Å². The van der Waals surface area contributed by atoms with E-state index in [1.165, 1.54) is 6.08 Å². The summed E-state index contributed by atoms with van der Waals surface area (Å²) in [6.45, 7) is 3.40. The number of aromatic hydroxyl groups is 1. The molecule has 4 nitrogen and oxygen atoms in total. The highest BCUT2D eigenvalue weighted by molar-refractivity contribution is 5.96. The van der Waals surface area contributed by atoms with Crippen LogP contribution in [0.5, 0.6) is 5.75 Å². The standard InChI is InChI=1S/C12H13F3N2O2/c1-2-3-8(16)11(19)17-9-6-7(12(13,14)15)4-5-10(9)18/h2,4-6,8,18H,1,3,16H2,(H,17,19). The molecule has 104 valence electrons. The molecule has 0 heterocycles. The number of nitrogens with one attached hydrogen (secondary N) is 1. The molecule has 1 amide bonds. The summed E-state index contributed by atoms with van der Waals surface area (Å²) in [6.07, 6.45) is -2.97. The first-order chi connectivity index (χ1) is 8.75. The zero-order valence-electron chi connectivity index (χ0n) is 9.87. The molecule has 0 fully saturated rings. The number of carbonyl (C=O) groups excluding carboxylic acids is 1. The van der Waals surface area contributed by atoms with Gasteiger partial charge in [0.25, 0.3) is 0 Å². The fourth-order valence-corrected chi connectivity index (χ4v) is 1.32. The SMILES string of the molecule is C=CCC(N)C(=O)Nc1cc(C(F)(F)F)ccc1O. The van der Waals surface area contributed by atoms with Gasteiger partial charge in [-0.15, -0.1) is 6.58 Å². The first-order valence-corrected chi connectivity index (χ1v) is 5.33. The number of hydrogen-bond acceptors (Lipinski definition) is 3. The Hall–Kier alpha value is -2.02. The zero-order chi connectivity index (χ0) is 14.6. The van der Waals surface area contributed by atoms with E-state index < -0.39 is 29.4 Å². The minimum absolute atomic E-state index is 0.172. The van der Waals surface area contributed by atoms with Crippen molar-refractivity contribution in [2.24, 2.45) is 5.73 Å². The van der Waals surface area contributed by atoms with Gasteiger partial charge in [0.15, 0.2) is 0 Å². The van der Waals surface area contributed by atoms with Crippen molar-refractivity contribution < 1.29 is 23.1 Å². The average Bonchev–Trinajstić information content (AvgIpc) is 2.30. The van der Waals surface area contributed by atoms with Gasteiger partial charge < -0.3 is 16.2 Å². The number of alkyl halides is 3. The van der Waals surface area contributed by atoms with Crippen molar-refractivity contribution in [3.8, 4) is 5.75 Å². The van der Waals surface area contributed by atoms with E-state index in [0.717, 1.165) is 6.07 Å². The molecule has 0 radical (unpaired) electrons. The Morgan fingerprint density at radius 3 is 2.68 bits per heavy atom. The van der Waals surface area contributed by atoms with Crippen LogP contribution < -0.4 is 11.1 Å². The molecule has 4 N–H and O–H groups in total. The van der Waals surface area contributed by atoms with Gasteiger partial charge >= 0.3 is 6.18 Å². The Kier molecular flexibility index (Phi) is 4.55. The molecule has 0 saturated carbocycles. The van der Waals surface area contributed by atoms with Crippen LogP contribution in [0.4, 0.5) is 18.9 Å². The number of nitrogens with two attached hydrogens (primary N) is 1. The average molecular weight is 274 g/mol. The van der Waals surface area contributed by atoms with Gasteiger partial charge in [0.2, 0.25) is 5.91 Å². The minimum Gasteiger partial charge on any atom is -0.506 e. The predicted octanol–water partition coefficient (Wildman–Crippen LogP) is 2.25. The van der Waals surface area contributed by atoms with Crippen LogP contribution in [-0.4, -0.2) is 17.1 Å². The van der Waals surface area contributed by atoms with Crippen molar-refractivity contribution in [1.82, 2.24) is 0 Å². The predicted molar refractivity (Wildman–Crippen MR) is 64.5 cm³/mol. The largest absolute Gasteiger partial charge is 0.506 e. The van der Waals surface area contributed by atoms with E-state index in [1.807, 2.05) is 0 Å². The van der Waals surface area contributed by atoms with Crippen LogP contribution in [0, 0.1) is 0 Å². The third-order valence-corrected chi connectivity index (χ3v) is 2.34. The van der Waals surface area contributed by atoms with Gasteiger partial charge in [0.05, 0.1) is 17.3 Å². The minimum atomic E-state index is -4.56. The smallest absolute Gasteiger partial charge is 0.416 e. The highest BCUT2D eigenvalue weighted by Gasteiger charge is 2.31. The summed E-state index contributed by atoms with van der Waals surface area (Å²) in [6, 6.07) is 1.28. The molecule has 0 saturated heterocycles. The lowest BCUT2D eigenvalue weighted by molar-refractivity contribution is -0.137. The van der Waals surface area contributed by atoms with E-state index in [9.17, 15) is 23.1 Å². The van der Waals surface area contributed by atoms with E-state index in [2.05, 4.69) is 11.9 Å². The number of phenolic OH excluding ortho intramolecular Hbond substituents is 1. The van der Waals surface area contributed by atoms with E-state index >= 15 is 0 Å². The second kappa shape index (κ2) is 5.75. The van der Waals surface area contributed by atoms with Crippen molar-refractivity contribution in [3.05, 3.63) is 36.4 Å². The summed E-state index contributed by atoms with van der Waals surface area (Å²) in [4.78, 5) is 11.5. The Balaban J connectivity index is 2.95. The monoisotopic (exact) mass is 274 g/mol. The second-order valence-electron chi connectivity index (χ2n) is 3.85. The van der Waals surface area contributed by atoms with Gasteiger partial charge in [-0.25, -0.2) is 0 Å². The molecule has 0 aliphatic carbocycles. The quantitative estimate of drug-likeness (QED) is 0.582. The molecule has 0 aliphatic heterocycles. The topological polar surface area (TPSA) is 75.4 Å². The maximum atomic E-state index is 12.5. The highest BCUT2D eigenvalue weighted by atomic mass is 19.4. The fraction of sp³-hybridized carbons (Fsp3) is 0.250. The lowest BCUT2D eigenvalue weighted by Crippen LogP contribution is -2.35. The number of rotatable bonds is 4. The number of carbonyl (C=O) groups is 1. The van der Waals surface area contributed by atoms with Crippen molar-refractivity contribution in [2.75, 3.05) is 5.32 Å². The molecular weight excluding hydrogens is 261 g/mol. The van der Waals surface area contributed by atoms with Crippen molar-refractivity contribution >= 4 is 11.6 Å². The molecule has 1 aromatic carbocycles. The number of anilines is 1. The number of phenols is 1. The molecule has 0 bridgehead atoms. The van der Waals surface area contributed by atoms with Gasteiger partial charge in [-0.1, -0.05) is 6.08 Å². The van der Waals surface area contributed by atoms with Crippen LogP contribution in [0.3, 0.4) is 0 Å². The maximum absolute atomic E-state index is 12.5. The van der Waals surface area contributed by atoms with Crippen LogP contribution in [0.2, 0.25) is 0 Å². The Labute approximate surface area is 107 Å². The van der Waals surface area contributed by atoms with Gasteiger partial charge in [-0.3, -0.25) is 4.79 Å². The summed E-state index contributed by atoms with van der Waals surface area (Å²) < 4.78 is 37.5. The maximum Gasteiger partial charge on any atom is 0.416 e. The molecule has 1 atom stereocenters.